The van der Waals surface area contributed by atoms with Crippen LogP contribution >= 0.6 is 0 Å². The van der Waals surface area contributed by atoms with Crippen molar-refractivity contribution in [2.24, 2.45) is 0 Å². The van der Waals surface area contributed by atoms with Crippen molar-refractivity contribution in [2.45, 2.75) is 31.8 Å². The van der Waals surface area contributed by atoms with Gasteiger partial charge in [-0.1, -0.05) is 30.3 Å². The number of sulfonamides is 1. The predicted molar refractivity (Wildman–Crippen MR) is 111 cm³/mol. The summed E-state index contributed by atoms with van der Waals surface area (Å²) in [4.78, 5) is 14.5. The molecule has 152 valence electrons. The van der Waals surface area contributed by atoms with Crippen molar-refractivity contribution in [2.75, 3.05) is 27.7 Å². The molecule has 1 N–H and O–H groups in total. The molecule has 0 aliphatic heterocycles. The van der Waals surface area contributed by atoms with Crippen molar-refractivity contribution >= 4 is 15.9 Å². The van der Waals surface area contributed by atoms with Crippen molar-refractivity contribution in [3.63, 3.8) is 0 Å². The summed E-state index contributed by atoms with van der Waals surface area (Å²) in [5.74, 6) is -0.340. The van der Waals surface area contributed by atoms with Gasteiger partial charge in [0.2, 0.25) is 15.9 Å². The maximum absolute atomic E-state index is 12.7. The normalized spacial score (nSPS) is 11.8. The van der Waals surface area contributed by atoms with Crippen LogP contribution in [0.25, 0.3) is 0 Å². The largest absolute Gasteiger partial charge is 0.351 e. The summed E-state index contributed by atoms with van der Waals surface area (Å²) in [6.45, 7) is 4.78. The topological polar surface area (TPSA) is 69.7 Å². The van der Waals surface area contributed by atoms with Gasteiger partial charge in [0.25, 0.3) is 0 Å². The molecule has 0 spiro atoms. The molecule has 2 aromatic rings. The van der Waals surface area contributed by atoms with Crippen LogP contribution in [-0.4, -0.2) is 51.2 Å². The fourth-order valence-corrected chi connectivity index (χ4v) is 3.94. The number of amides is 1. The molecular weight excluding hydrogens is 374 g/mol. The highest BCUT2D eigenvalue weighted by Crippen LogP contribution is 2.18. The average Bonchev–Trinajstić information content (AvgIpc) is 2.62. The molecule has 7 heteroatoms. The van der Waals surface area contributed by atoms with E-state index >= 15 is 0 Å². The van der Waals surface area contributed by atoms with Gasteiger partial charge in [-0.05, 0) is 62.3 Å². The Labute approximate surface area is 168 Å². The molecule has 2 rings (SSSR count). The van der Waals surface area contributed by atoms with Gasteiger partial charge in [-0.2, -0.15) is 4.31 Å². The van der Waals surface area contributed by atoms with Crippen molar-refractivity contribution in [3.05, 3.63) is 64.7 Å². The lowest BCUT2D eigenvalue weighted by atomic mass is 10.1. The molecule has 2 aromatic carbocycles. The Morgan fingerprint density at radius 3 is 2.11 bits per heavy atom. The van der Waals surface area contributed by atoms with E-state index in [0.29, 0.717) is 6.54 Å². The molecule has 28 heavy (non-hydrogen) atoms. The molecule has 0 atom stereocenters. The van der Waals surface area contributed by atoms with E-state index in [1.54, 1.807) is 18.2 Å². The highest BCUT2D eigenvalue weighted by Gasteiger charge is 2.23. The molecule has 1 amide bonds. The van der Waals surface area contributed by atoms with Crippen LogP contribution in [0.5, 0.6) is 0 Å². The van der Waals surface area contributed by atoms with Gasteiger partial charge >= 0.3 is 0 Å². The highest BCUT2D eigenvalue weighted by molar-refractivity contribution is 7.89. The van der Waals surface area contributed by atoms with Gasteiger partial charge < -0.3 is 10.2 Å². The number of hydrogen-bond acceptors (Lipinski definition) is 4. The molecular formula is C21H29N3O3S. The lowest BCUT2D eigenvalue weighted by Gasteiger charge is -2.17. The Balaban J connectivity index is 1.93. The number of rotatable bonds is 8. The minimum absolute atomic E-state index is 0.197. The number of carbonyl (C=O) groups is 1. The van der Waals surface area contributed by atoms with Crippen LogP contribution in [0.1, 0.15) is 22.3 Å². The second kappa shape index (κ2) is 9.32. The average molecular weight is 404 g/mol. The standard InChI is InChI=1S/C21H29N3O3S/c1-16-6-11-20(12-17(16)2)28(26,27)24(5)15-21(25)22-13-18-7-9-19(10-8-18)14-23(3)4/h6-12H,13-15H2,1-5H3,(H,22,25). The van der Waals surface area contributed by atoms with E-state index in [4.69, 9.17) is 0 Å². The molecule has 6 nitrogen and oxygen atoms in total. The summed E-state index contributed by atoms with van der Waals surface area (Å²) in [5, 5.41) is 2.78. The van der Waals surface area contributed by atoms with Crippen LogP contribution in [0.15, 0.2) is 47.4 Å². The number of likely N-dealkylation sites (N-methyl/N-ethyl adjacent to an activating group) is 1. The second-order valence-corrected chi connectivity index (χ2v) is 9.38. The van der Waals surface area contributed by atoms with Crippen molar-refractivity contribution < 1.29 is 13.2 Å². The molecule has 0 aliphatic rings. The third-order valence-electron chi connectivity index (χ3n) is 4.56. The number of nitrogens with one attached hydrogen (secondary N) is 1. The van der Waals surface area contributed by atoms with E-state index in [0.717, 1.165) is 27.5 Å². The second-order valence-electron chi connectivity index (χ2n) is 7.34. The zero-order chi connectivity index (χ0) is 20.9. The van der Waals surface area contributed by atoms with Gasteiger partial charge in [-0.15, -0.1) is 0 Å². The maximum atomic E-state index is 12.7. The summed E-state index contributed by atoms with van der Waals surface area (Å²) >= 11 is 0. The van der Waals surface area contributed by atoms with Crippen molar-refractivity contribution in [1.82, 2.24) is 14.5 Å². The first-order valence-electron chi connectivity index (χ1n) is 9.12. The predicted octanol–water partition coefficient (Wildman–Crippen LogP) is 2.30. The number of hydrogen-bond donors (Lipinski definition) is 1. The summed E-state index contributed by atoms with van der Waals surface area (Å²) in [6.07, 6.45) is 0. The Kier molecular flexibility index (Phi) is 7.35. The number of nitrogens with zero attached hydrogens (tertiary/aromatic N) is 2. The zero-order valence-corrected chi connectivity index (χ0v) is 18.0. The maximum Gasteiger partial charge on any atom is 0.243 e. The number of benzene rings is 2. The summed E-state index contributed by atoms with van der Waals surface area (Å²) in [7, 11) is 1.73. The third kappa shape index (κ3) is 5.89. The van der Waals surface area contributed by atoms with E-state index in [1.807, 2.05) is 52.2 Å². The first kappa shape index (κ1) is 22.1. The highest BCUT2D eigenvalue weighted by atomic mass is 32.2. The summed E-state index contributed by atoms with van der Waals surface area (Å²) in [5.41, 5.74) is 4.09. The van der Waals surface area contributed by atoms with Gasteiger partial charge in [-0.3, -0.25) is 4.79 Å². The van der Waals surface area contributed by atoms with Crippen LogP contribution in [-0.2, 0) is 27.9 Å². The van der Waals surface area contributed by atoms with Gasteiger partial charge in [0.15, 0.2) is 0 Å². The lowest BCUT2D eigenvalue weighted by Crippen LogP contribution is -2.38. The minimum Gasteiger partial charge on any atom is -0.351 e. The minimum atomic E-state index is -3.71. The van der Waals surface area contributed by atoms with Crippen molar-refractivity contribution in [1.29, 1.82) is 0 Å². The van der Waals surface area contributed by atoms with E-state index in [1.165, 1.54) is 12.6 Å². The Morgan fingerprint density at radius 1 is 0.929 bits per heavy atom. The Bertz CT molecular complexity index is 922. The van der Waals surface area contributed by atoms with Crippen molar-refractivity contribution in [3.8, 4) is 0 Å². The number of carbonyl (C=O) groups excluding carboxylic acids is 1. The Hall–Kier alpha value is -2.22. The van der Waals surface area contributed by atoms with Crippen LogP contribution in [0.3, 0.4) is 0 Å². The molecule has 0 saturated carbocycles. The smallest absolute Gasteiger partial charge is 0.243 e. The van der Waals surface area contributed by atoms with E-state index in [9.17, 15) is 13.2 Å². The van der Waals surface area contributed by atoms with Gasteiger partial charge in [0.05, 0.1) is 11.4 Å². The molecule has 0 fully saturated rings. The molecule has 0 saturated heterocycles. The molecule has 0 radical (unpaired) electrons. The summed E-state index contributed by atoms with van der Waals surface area (Å²) < 4.78 is 26.4. The van der Waals surface area contributed by atoms with Crippen LogP contribution < -0.4 is 5.32 Å². The van der Waals surface area contributed by atoms with E-state index in [-0.39, 0.29) is 17.3 Å². The SMILES string of the molecule is Cc1ccc(S(=O)(=O)N(C)CC(=O)NCc2ccc(CN(C)C)cc2)cc1C. The van der Waals surface area contributed by atoms with Gasteiger partial charge in [-0.25, -0.2) is 8.42 Å². The first-order valence-corrected chi connectivity index (χ1v) is 10.6. The molecule has 0 bridgehead atoms. The fourth-order valence-electron chi connectivity index (χ4n) is 2.73. The Morgan fingerprint density at radius 2 is 1.54 bits per heavy atom. The molecule has 0 heterocycles. The van der Waals surface area contributed by atoms with Crippen LogP contribution in [0.4, 0.5) is 0 Å². The van der Waals surface area contributed by atoms with E-state index in [2.05, 4.69) is 10.2 Å². The number of aryl methyl sites for hydroxylation is 2. The first-order chi connectivity index (χ1) is 13.1. The van der Waals surface area contributed by atoms with Gasteiger partial charge in [0.1, 0.15) is 0 Å². The quantitative estimate of drug-likeness (QED) is 0.734. The van der Waals surface area contributed by atoms with Crippen LogP contribution in [0, 0.1) is 13.8 Å². The zero-order valence-electron chi connectivity index (χ0n) is 17.2. The molecule has 0 aliphatic carbocycles. The molecule has 0 unspecified atom stereocenters. The summed E-state index contributed by atoms with van der Waals surface area (Å²) in [6, 6.07) is 13.0. The van der Waals surface area contributed by atoms with E-state index < -0.39 is 10.0 Å². The third-order valence-corrected chi connectivity index (χ3v) is 6.36. The van der Waals surface area contributed by atoms with Gasteiger partial charge in [0, 0.05) is 20.1 Å². The van der Waals surface area contributed by atoms with Crippen LogP contribution in [0.2, 0.25) is 0 Å². The monoisotopic (exact) mass is 403 g/mol. The lowest BCUT2D eigenvalue weighted by molar-refractivity contribution is -0.121. The fraction of sp³-hybridized carbons (Fsp3) is 0.381. The molecule has 0 aromatic heterocycles.